The van der Waals surface area contributed by atoms with Gasteiger partial charge in [0.15, 0.2) is 11.8 Å². The summed E-state index contributed by atoms with van der Waals surface area (Å²) < 4.78 is 14.5. The van der Waals surface area contributed by atoms with Crippen LogP contribution in [0.4, 0.5) is 5.82 Å². The van der Waals surface area contributed by atoms with Crippen molar-refractivity contribution in [2.45, 2.75) is 91.5 Å². The third-order valence-electron chi connectivity index (χ3n) is 9.49. The van der Waals surface area contributed by atoms with Crippen molar-refractivity contribution >= 4 is 17.4 Å². The minimum absolute atomic E-state index is 0.0437. The van der Waals surface area contributed by atoms with Crippen molar-refractivity contribution in [3.8, 4) is 34.2 Å². The Morgan fingerprint density at radius 3 is 2.56 bits per heavy atom. The van der Waals surface area contributed by atoms with Crippen LogP contribution in [-0.2, 0) is 9.53 Å². The van der Waals surface area contributed by atoms with Gasteiger partial charge in [0, 0.05) is 42.4 Å². The third-order valence-corrected chi connectivity index (χ3v) is 9.49. The fourth-order valence-corrected chi connectivity index (χ4v) is 6.84. The summed E-state index contributed by atoms with van der Waals surface area (Å²) in [7, 11) is 0. The largest absolute Gasteiger partial charge is 0.490 e. The van der Waals surface area contributed by atoms with E-state index in [0.29, 0.717) is 28.2 Å². The summed E-state index contributed by atoms with van der Waals surface area (Å²) in [6.07, 6.45) is 7.98. The first-order valence-electron chi connectivity index (χ1n) is 16.9. The number of fused-ring (bicyclic) bond motifs is 7. The van der Waals surface area contributed by atoms with Crippen LogP contribution in [0.15, 0.2) is 60.7 Å². The van der Waals surface area contributed by atoms with Gasteiger partial charge in [0.05, 0.1) is 34.6 Å². The smallest absolute Gasteiger partial charge is 0.337 e. The van der Waals surface area contributed by atoms with Gasteiger partial charge in [-0.25, -0.2) is 9.78 Å². The second-order valence-corrected chi connectivity index (χ2v) is 14.6. The van der Waals surface area contributed by atoms with E-state index in [4.69, 9.17) is 19.6 Å². The van der Waals surface area contributed by atoms with Crippen molar-refractivity contribution in [3.63, 3.8) is 0 Å². The number of carbonyl (C=O) groups is 1. The van der Waals surface area contributed by atoms with Gasteiger partial charge in [0.1, 0.15) is 11.6 Å². The molecule has 9 nitrogen and oxygen atoms in total. The number of piperidine rings is 1. The van der Waals surface area contributed by atoms with Gasteiger partial charge in [-0.2, -0.15) is 14.9 Å². The molecule has 7 rings (SSSR count). The van der Waals surface area contributed by atoms with Crippen LogP contribution >= 0.6 is 0 Å². The SMILES string of the molecule is Cc1nc2cc3nn2c(c1[C@H](OC(C)(C)C)C(=O)O)N1CCC(C)(CC/C=C\C[C@H](C)Oc2ccc(C#N)cc2-c2cccc-3c2)CC1. The summed E-state index contributed by atoms with van der Waals surface area (Å²) >= 11 is 0. The van der Waals surface area contributed by atoms with E-state index < -0.39 is 17.7 Å². The Morgan fingerprint density at radius 2 is 1.85 bits per heavy atom. The maximum Gasteiger partial charge on any atom is 0.337 e. The molecule has 4 aromatic rings. The summed E-state index contributed by atoms with van der Waals surface area (Å²) in [4.78, 5) is 20.0. The fourth-order valence-electron chi connectivity index (χ4n) is 6.84. The van der Waals surface area contributed by atoms with Crippen LogP contribution in [0, 0.1) is 23.7 Å². The van der Waals surface area contributed by atoms with Crippen LogP contribution in [0.3, 0.4) is 0 Å². The third kappa shape index (κ3) is 6.95. The van der Waals surface area contributed by atoms with Gasteiger partial charge >= 0.3 is 5.97 Å². The highest BCUT2D eigenvalue weighted by atomic mass is 16.5. The quantitative estimate of drug-likeness (QED) is 0.221. The van der Waals surface area contributed by atoms with E-state index in [1.165, 1.54) is 0 Å². The maximum atomic E-state index is 12.8. The number of nitriles is 1. The van der Waals surface area contributed by atoms with Gasteiger partial charge in [-0.15, -0.1) is 0 Å². The Kier molecular flexibility index (Phi) is 9.06. The molecule has 0 radical (unpaired) electrons. The molecular formula is C39H45N5O4. The highest BCUT2D eigenvalue weighted by Gasteiger charge is 2.37. The highest BCUT2D eigenvalue weighted by molar-refractivity contribution is 5.80. The molecule has 3 aliphatic heterocycles. The standard InChI is InChI=1S/C39H45N5O4/c1-25-11-8-7-9-16-39(6)17-19-43(20-18-39)36-34(35(37(45)46)48-38(3,4)5)26(2)41-33-23-31(42-44(33)36)29-13-10-12-28(22-29)30-21-27(24-40)14-15-32(30)47-25/h7-8,10,12-15,21-23,25,35H,9,11,16-20H2,1-6H3,(H,45,46)/b8-7-/t25-,35-/m0/s1. The summed E-state index contributed by atoms with van der Waals surface area (Å²) in [5.74, 6) is 0.383. The van der Waals surface area contributed by atoms with Gasteiger partial charge in [0.25, 0.3) is 0 Å². The van der Waals surface area contributed by atoms with Gasteiger partial charge in [-0.3, -0.25) is 0 Å². The van der Waals surface area contributed by atoms with Crippen molar-refractivity contribution in [2.75, 3.05) is 18.0 Å². The predicted octanol–water partition coefficient (Wildman–Crippen LogP) is 8.30. The Morgan fingerprint density at radius 1 is 1.10 bits per heavy atom. The minimum Gasteiger partial charge on any atom is -0.490 e. The number of aromatic nitrogens is 3. The number of hydrogen-bond acceptors (Lipinski definition) is 7. The number of hydrogen-bond donors (Lipinski definition) is 1. The average molecular weight is 648 g/mol. The number of rotatable bonds is 3. The van der Waals surface area contributed by atoms with Crippen LogP contribution in [0.5, 0.6) is 5.75 Å². The lowest BCUT2D eigenvalue weighted by Crippen LogP contribution is -2.41. The van der Waals surface area contributed by atoms with E-state index in [9.17, 15) is 15.2 Å². The van der Waals surface area contributed by atoms with Crippen molar-refractivity contribution in [1.29, 1.82) is 5.26 Å². The minimum atomic E-state index is -1.22. The molecule has 6 bridgehead atoms. The van der Waals surface area contributed by atoms with E-state index >= 15 is 0 Å². The number of anilines is 1. The molecule has 0 aliphatic carbocycles. The molecule has 250 valence electrons. The topological polar surface area (TPSA) is 113 Å². The van der Waals surface area contributed by atoms with E-state index in [2.05, 4.69) is 43.0 Å². The molecule has 1 fully saturated rings. The van der Waals surface area contributed by atoms with E-state index in [-0.39, 0.29) is 11.5 Å². The molecule has 2 aromatic carbocycles. The summed E-state index contributed by atoms with van der Waals surface area (Å²) in [6.45, 7) is 13.4. The molecule has 48 heavy (non-hydrogen) atoms. The molecule has 0 amide bonds. The van der Waals surface area contributed by atoms with Crippen LogP contribution in [-0.4, -0.2) is 50.5 Å². The molecule has 3 aliphatic rings. The lowest BCUT2D eigenvalue weighted by molar-refractivity contribution is -0.160. The van der Waals surface area contributed by atoms with Crippen molar-refractivity contribution in [3.05, 3.63) is 77.5 Å². The molecule has 2 atom stereocenters. The van der Waals surface area contributed by atoms with Crippen molar-refractivity contribution in [2.24, 2.45) is 5.41 Å². The van der Waals surface area contributed by atoms with Crippen molar-refractivity contribution < 1.29 is 19.4 Å². The number of carboxylic acids is 1. The Bertz CT molecular complexity index is 1910. The summed E-state index contributed by atoms with van der Waals surface area (Å²) in [6, 6.07) is 17.8. The highest BCUT2D eigenvalue weighted by Crippen LogP contribution is 2.42. The Labute approximate surface area is 282 Å². The lowest BCUT2D eigenvalue weighted by Gasteiger charge is -2.41. The zero-order valence-electron chi connectivity index (χ0n) is 28.8. The molecular weight excluding hydrogens is 602 g/mol. The molecule has 1 N–H and O–H groups in total. The Balaban J connectivity index is 1.55. The number of aliphatic carboxylic acids is 1. The zero-order valence-corrected chi connectivity index (χ0v) is 28.8. The Hall–Kier alpha value is -4.68. The molecule has 1 saturated heterocycles. The average Bonchev–Trinajstić information content (AvgIpc) is 3.46. The predicted molar refractivity (Wildman–Crippen MR) is 187 cm³/mol. The fraction of sp³-hybridized carbons (Fsp3) is 0.436. The molecule has 0 saturated carbocycles. The summed E-state index contributed by atoms with van der Waals surface area (Å²) in [5.41, 5.74) is 5.11. The second-order valence-electron chi connectivity index (χ2n) is 14.6. The molecule has 5 heterocycles. The van der Waals surface area contributed by atoms with Gasteiger partial charge in [0.2, 0.25) is 0 Å². The van der Waals surface area contributed by atoms with E-state index in [1.807, 2.05) is 68.6 Å². The van der Waals surface area contributed by atoms with E-state index in [1.54, 1.807) is 6.07 Å². The van der Waals surface area contributed by atoms with Gasteiger partial charge < -0.3 is 19.5 Å². The van der Waals surface area contributed by atoms with E-state index in [0.717, 1.165) is 73.5 Å². The first kappa shape index (κ1) is 33.2. The normalized spacial score (nSPS) is 21.3. The van der Waals surface area contributed by atoms with Crippen LogP contribution < -0.4 is 9.64 Å². The zero-order chi connectivity index (χ0) is 34.2. The molecule has 2 aromatic heterocycles. The maximum absolute atomic E-state index is 12.8. The molecule has 0 unspecified atom stereocenters. The lowest BCUT2D eigenvalue weighted by atomic mass is 9.76. The van der Waals surface area contributed by atoms with Gasteiger partial charge in [-0.1, -0.05) is 37.3 Å². The van der Waals surface area contributed by atoms with Gasteiger partial charge in [-0.05, 0) is 95.5 Å². The second kappa shape index (κ2) is 13.1. The molecule has 9 heteroatoms. The summed E-state index contributed by atoms with van der Waals surface area (Å²) in [5, 5.41) is 25.3. The van der Waals surface area contributed by atoms with Crippen LogP contribution in [0.2, 0.25) is 0 Å². The number of allylic oxidation sites excluding steroid dienone is 1. The number of benzene rings is 2. The van der Waals surface area contributed by atoms with Crippen molar-refractivity contribution in [1.82, 2.24) is 14.6 Å². The monoisotopic (exact) mass is 647 g/mol. The number of carboxylic acid groups (broad SMARTS) is 1. The van der Waals surface area contributed by atoms with Crippen LogP contribution in [0.1, 0.15) is 89.6 Å². The molecule has 0 spiro atoms. The number of aryl methyl sites for hydroxylation is 1. The van der Waals surface area contributed by atoms with Crippen LogP contribution in [0.25, 0.3) is 28.0 Å². The number of ether oxygens (including phenoxy) is 2. The number of nitrogens with zero attached hydrogens (tertiary/aromatic N) is 5. The first-order valence-corrected chi connectivity index (χ1v) is 16.9. The first-order chi connectivity index (χ1) is 22.8.